The number of aromatic nitrogens is 1. The number of hydrogen-bond acceptors (Lipinski definition) is 5. The molecule has 1 aromatic heterocycles. The number of fused-ring (bicyclic) bond motifs is 1. The third-order valence-electron chi connectivity index (χ3n) is 4.50. The molecule has 8 nitrogen and oxygen atoms in total. The molecular weight excluding hydrogens is 433 g/mol. The monoisotopic (exact) mass is 457 g/mol. The lowest BCUT2D eigenvalue weighted by atomic mass is 10.1. The van der Waals surface area contributed by atoms with Crippen LogP contribution in [0.3, 0.4) is 0 Å². The number of carbonyl (C=O) groups excluding carboxylic acids is 3. The molecule has 0 aliphatic carbocycles. The van der Waals surface area contributed by atoms with Gasteiger partial charge in [0.2, 0.25) is 11.8 Å². The Morgan fingerprint density at radius 3 is 2.53 bits per heavy atom. The summed E-state index contributed by atoms with van der Waals surface area (Å²) in [5, 5.41) is 11.2. The number of thiazole rings is 1. The van der Waals surface area contributed by atoms with Crippen LogP contribution in [0.25, 0.3) is 10.2 Å². The zero-order valence-corrected chi connectivity index (χ0v) is 18.5. The Bertz CT molecular complexity index is 1120. The third-order valence-corrected chi connectivity index (χ3v) is 5.44. The second kappa shape index (κ2) is 10.7. The summed E-state index contributed by atoms with van der Waals surface area (Å²) in [5.41, 5.74) is 2.08. The fraction of sp³-hybridized carbons (Fsp3) is 0.273. The van der Waals surface area contributed by atoms with E-state index in [0.29, 0.717) is 29.2 Å². The van der Waals surface area contributed by atoms with Crippen LogP contribution in [-0.4, -0.2) is 28.9 Å². The highest BCUT2D eigenvalue weighted by molar-refractivity contribution is 7.22. The van der Waals surface area contributed by atoms with Gasteiger partial charge in [0.1, 0.15) is 11.9 Å². The van der Waals surface area contributed by atoms with Crippen LogP contribution in [0.5, 0.6) is 0 Å². The Morgan fingerprint density at radius 2 is 1.84 bits per heavy atom. The van der Waals surface area contributed by atoms with Gasteiger partial charge in [-0.3, -0.25) is 9.59 Å². The normalized spacial score (nSPS) is 11.6. The Balaban J connectivity index is 1.60. The maximum atomic E-state index is 13.0. The molecule has 0 saturated carbocycles. The standard InChI is InChI=1S/C22H24FN5O3S/c1-3-4-18(26-21(31)24-12-14-5-7-15(23)8-6-14)20(30)28-22-27-17-10-9-16(25-13(2)29)11-19(17)32-22/h5-11,18H,3-4,12H2,1-2H3,(H,25,29)(H2,24,26,31)(H,27,28,30). The molecule has 1 heterocycles. The van der Waals surface area contributed by atoms with Gasteiger partial charge < -0.3 is 21.3 Å². The molecule has 4 N–H and O–H groups in total. The number of urea groups is 1. The van der Waals surface area contributed by atoms with Crippen molar-refractivity contribution in [2.45, 2.75) is 39.3 Å². The molecule has 0 bridgehead atoms. The lowest BCUT2D eigenvalue weighted by molar-refractivity contribution is -0.118. The first kappa shape index (κ1) is 23.1. The largest absolute Gasteiger partial charge is 0.334 e. The van der Waals surface area contributed by atoms with Gasteiger partial charge in [0.15, 0.2) is 5.13 Å². The lowest BCUT2D eigenvalue weighted by Gasteiger charge is -2.17. The molecule has 1 unspecified atom stereocenters. The molecule has 32 heavy (non-hydrogen) atoms. The van der Waals surface area contributed by atoms with Crippen molar-refractivity contribution in [2.75, 3.05) is 10.6 Å². The van der Waals surface area contributed by atoms with Crippen LogP contribution in [0.4, 0.5) is 20.0 Å². The van der Waals surface area contributed by atoms with Crippen LogP contribution >= 0.6 is 11.3 Å². The number of carbonyl (C=O) groups is 3. The lowest BCUT2D eigenvalue weighted by Crippen LogP contribution is -2.47. The number of amides is 4. The van der Waals surface area contributed by atoms with Gasteiger partial charge in [0.25, 0.3) is 0 Å². The molecule has 168 valence electrons. The molecule has 0 saturated heterocycles. The minimum absolute atomic E-state index is 0.173. The fourth-order valence-electron chi connectivity index (χ4n) is 3.00. The molecule has 3 aromatic rings. The van der Waals surface area contributed by atoms with Gasteiger partial charge in [0.05, 0.1) is 10.2 Å². The summed E-state index contributed by atoms with van der Waals surface area (Å²) in [4.78, 5) is 40.6. The topological polar surface area (TPSA) is 112 Å². The number of hydrogen-bond donors (Lipinski definition) is 4. The van der Waals surface area contributed by atoms with Crippen LogP contribution in [0.1, 0.15) is 32.3 Å². The first-order valence-corrected chi connectivity index (χ1v) is 10.9. The summed E-state index contributed by atoms with van der Waals surface area (Å²) in [5.74, 6) is -0.891. The predicted molar refractivity (Wildman–Crippen MR) is 123 cm³/mol. The average molecular weight is 458 g/mol. The Kier molecular flexibility index (Phi) is 7.72. The summed E-state index contributed by atoms with van der Waals surface area (Å²) in [6.45, 7) is 3.56. The van der Waals surface area contributed by atoms with Crippen molar-refractivity contribution in [3.63, 3.8) is 0 Å². The van der Waals surface area contributed by atoms with E-state index in [0.717, 1.165) is 10.3 Å². The number of nitrogens with one attached hydrogen (secondary N) is 4. The Labute approximate surface area is 188 Å². The maximum absolute atomic E-state index is 13.0. The van der Waals surface area contributed by atoms with E-state index in [4.69, 9.17) is 0 Å². The van der Waals surface area contributed by atoms with E-state index in [9.17, 15) is 18.8 Å². The van der Waals surface area contributed by atoms with Gasteiger partial charge in [0, 0.05) is 19.2 Å². The van der Waals surface area contributed by atoms with Crippen molar-refractivity contribution in [1.82, 2.24) is 15.6 Å². The molecular formula is C22H24FN5O3S. The fourth-order valence-corrected chi connectivity index (χ4v) is 3.91. The summed E-state index contributed by atoms with van der Waals surface area (Å²) in [6.07, 6.45) is 1.14. The minimum atomic E-state index is -0.741. The van der Waals surface area contributed by atoms with Crippen LogP contribution in [0, 0.1) is 5.82 Å². The highest BCUT2D eigenvalue weighted by Crippen LogP contribution is 2.28. The van der Waals surface area contributed by atoms with Crippen LogP contribution in [-0.2, 0) is 16.1 Å². The quantitative estimate of drug-likeness (QED) is 0.410. The molecule has 0 radical (unpaired) electrons. The SMILES string of the molecule is CCCC(NC(=O)NCc1ccc(F)cc1)C(=O)Nc1nc2ccc(NC(C)=O)cc2s1. The van der Waals surface area contributed by atoms with Crippen LogP contribution in [0.2, 0.25) is 0 Å². The molecule has 10 heteroatoms. The molecule has 1 atom stereocenters. The maximum Gasteiger partial charge on any atom is 0.315 e. The molecule has 0 fully saturated rings. The number of rotatable bonds is 8. The van der Waals surface area contributed by atoms with Gasteiger partial charge in [-0.25, -0.2) is 14.2 Å². The van der Waals surface area contributed by atoms with Crippen molar-refractivity contribution in [3.05, 3.63) is 53.8 Å². The van der Waals surface area contributed by atoms with Gasteiger partial charge in [-0.15, -0.1) is 0 Å². The molecule has 0 aliphatic heterocycles. The summed E-state index contributed by atoms with van der Waals surface area (Å²) < 4.78 is 13.8. The number of anilines is 2. The number of halogens is 1. The van der Waals surface area contributed by atoms with E-state index in [1.165, 1.54) is 30.4 Å². The number of nitrogens with zero attached hydrogens (tertiary/aromatic N) is 1. The van der Waals surface area contributed by atoms with Crippen molar-refractivity contribution >= 4 is 50.2 Å². The number of benzene rings is 2. The third kappa shape index (κ3) is 6.48. The van der Waals surface area contributed by atoms with Crippen molar-refractivity contribution in [1.29, 1.82) is 0 Å². The van der Waals surface area contributed by atoms with Gasteiger partial charge in [-0.05, 0) is 42.3 Å². The minimum Gasteiger partial charge on any atom is -0.334 e. The summed E-state index contributed by atoms with van der Waals surface area (Å²) in [6, 6.07) is 9.85. The summed E-state index contributed by atoms with van der Waals surface area (Å²) in [7, 11) is 0. The first-order valence-electron chi connectivity index (χ1n) is 10.1. The highest BCUT2D eigenvalue weighted by Gasteiger charge is 2.21. The van der Waals surface area contributed by atoms with E-state index in [2.05, 4.69) is 26.3 Å². The van der Waals surface area contributed by atoms with Crippen molar-refractivity contribution < 1.29 is 18.8 Å². The van der Waals surface area contributed by atoms with E-state index in [-0.39, 0.29) is 24.2 Å². The van der Waals surface area contributed by atoms with E-state index < -0.39 is 12.1 Å². The van der Waals surface area contributed by atoms with E-state index >= 15 is 0 Å². The average Bonchev–Trinajstić information content (AvgIpc) is 3.14. The summed E-state index contributed by atoms with van der Waals surface area (Å²) >= 11 is 1.28. The molecule has 0 spiro atoms. The molecule has 2 aromatic carbocycles. The predicted octanol–water partition coefficient (Wildman–Crippen LogP) is 4.00. The van der Waals surface area contributed by atoms with Crippen LogP contribution < -0.4 is 21.3 Å². The Hall–Kier alpha value is -3.53. The first-order chi connectivity index (χ1) is 15.3. The second-order valence-corrected chi connectivity index (χ2v) is 8.20. The van der Waals surface area contributed by atoms with Gasteiger partial charge >= 0.3 is 6.03 Å². The smallest absolute Gasteiger partial charge is 0.315 e. The Morgan fingerprint density at radius 1 is 1.09 bits per heavy atom. The zero-order valence-electron chi connectivity index (χ0n) is 17.7. The molecule has 4 amide bonds. The van der Waals surface area contributed by atoms with Gasteiger partial charge in [-0.2, -0.15) is 0 Å². The highest BCUT2D eigenvalue weighted by atomic mass is 32.1. The second-order valence-electron chi connectivity index (χ2n) is 7.17. The van der Waals surface area contributed by atoms with E-state index in [1.54, 1.807) is 30.3 Å². The van der Waals surface area contributed by atoms with Gasteiger partial charge in [-0.1, -0.05) is 36.8 Å². The van der Waals surface area contributed by atoms with Crippen molar-refractivity contribution in [2.24, 2.45) is 0 Å². The van der Waals surface area contributed by atoms with E-state index in [1.807, 2.05) is 6.92 Å². The zero-order chi connectivity index (χ0) is 23.1. The molecule has 0 aliphatic rings. The van der Waals surface area contributed by atoms with Crippen LogP contribution in [0.15, 0.2) is 42.5 Å². The van der Waals surface area contributed by atoms with Crippen molar-refractivity contribution in [3.8, 4) is 0 Å². The molecule has 3 rings (SSSR count).